The average Bonchev–Trinajstić information content (AvgIpc) is 2.41. The van der Waals surface area contributed by atoms with Crippen LogP contribution in [-0.4, -0.2) is 8.42 Å². The topological polar surface area (TPSA) is 72.2 Å². The van der Waals surface area contributed by atoms with Gasteiger partial charge in [-0.3, -0.25) is 0 Å². The Morgan fingerprint density at radius 2 is 1.95 bits per heavy atom. The van der Waals surface area contributed by atoms with E-state index in [9.17, 15) is 12.8 Å². The molecule has 0 aliphatic carbocycles. The van der Waals surface area contributed by atoms with Crippen LogP contribution < -0.4 is 10.5 Å². The van der Waals surface area contributed by atoms with E-state index < -0.39 is 10.0 Å². The summed E-state index contributed by atoms with van der Waals surface area (Å²) in [6, 6.07) is 10.7. The summed E-state index contributed by atoms with van der Waals surface area (Å²) in [4.78, 5) is 0.0323. The number of hydrogen-bond donors (Lipinski definition) is 2. The van der Waals surface area contributed by atoms with Gasteiger partial charge in [0.15, 0.2) is 0 Å². The first-order valence-electron chi connectivity index (χ1n) is 6.12. The highest BCUT2D eigenvalue weighted by Crippen LogP contribution is 2.25. The zero-order valence-corrected chi connectivity index (χ0v) is 13.6. The van der Waals surface area contributed by atoms with Crippen LogP contribution in [0.3, 0.4) is 0 Å². The van der Waals surface area contributed by atoms with Gasteiger partial charge >= 0.3 is 0 Å². The smallest absolute Gasteiger partial charge is 0.238 e. The van der Waals surface area contributed by atoms with Crippen molar-refractivity contribution in [1.82, 2.24) is 0 Å². The van der Waals surface area contributed by atoms with Gasteiger partial charge in [0, 0.05) is 10.5 Å². The van der Waals surface area contributed by atoms with E-state index in [0.29, 0.717) is 15.7 Å². The summed E-state index contributed by atoms with van der Waals surface area (Å²) in [5, 5.41) is 8.11. The quantitative estimate of drug-likeness (QED) is 0.863. The van der Waals surface area contributed by atoms with Crippen molar-refractivity contribution in [3.63, 3.8) is 0 Å². The first-order chi connectivity index (χ1) is 9.77. The second-order valence-corrected chi connectivity index (χ2v) is 7.08. The molecule has 2 aromatic rings. The number of nitrogens with two attached hydrogens (primary N) is 1. The van der Waals surface area contributed by atoms with Crippen LogP contribution in [0.2, 0.25) is 0 Å². The molecule has 0 bridgehead atoms. The maximum absolute atomic E-state index is 13.8. The van der Waals surface area contributed by atoms with Crippen molar-refractivity contribution < 1.29 is 12.8 Å². The molecule has 2 rings (SSSR count). The van der Waals surface area contributed by atoms with Gasteiger partial charge in [-0.05, 0) is 42.8 Å². The average molecular weight is 373 g/mol. The molecule has 0 spiro atoms. The van der Waals surface area contributed by atoms with Gasteiger partial charge in [0.1, 0.15) is 5.82 Å². The lowest BCUT2D eigenvalue weighted by molar-refractivity contribution is 0.597. The molecule has 2 aromatic carbocycles. The number of halogens is 2. The minimum absolute atomic E-state index is 0.0323. The predicted molar refractivity (Wildman–Crippen MR) is 84.0 cm³/mol. The molecule has 0 saturated carbocycles. The SMILES string of the molecule is CC(Nc1ccc(Br)cc1F)c1cccc(S(N)(=O)=O)c1. The van der Waals surface area contributed by atoms with Crippen molar-refractivity contribution in [2.75, 3.05) is 5.32 Å². The number of rotatable bonds is 4. The normalized spacial score (nSPS) is 13.0. The number of primary sulfonamides is 1. The summed E-state index contributed by atoms with van der Waals surface area (Å²) >= 11 is 3.19. The van der Waals surface area contributed by atoms with Crippen LogP contribution in [0.1, 0.15) is 18.5 Å². The molecule has 7 heteroatoms. The van der Waals surface area contributed by atoms with Crippen LogP contribution in [0.15, 0.2) is 51.8 Å². The maximum Gasteiger partial charge on any atom is 0.238 e. The summed E-state index contributed by atoms with van der Waals surface area (Å²) in [5.41, 5.74) is 1.04. The molecule has 0 amide bonds. The second-order valence-electron chi connectivity index (χ2n) is 4.61. The van der Waals surface area contributed by atoms with E-state index in [0.717, 1.165) is 0 Å². The number of anilines is 1. The highest BCUT2D eigenvalue weighted by Gasteiger charge is 2.13. The minimum atomic E-state index is -3.75. The molecule has 0 heterocycles. The van der Waals surface area contributed by atoms with Gasteiger partial charge in [-0.15, -0.1) is 0 Å². The van der Waals surface area contributed by atoms with Crippen molar-refractivity contribution in [1.29, 1.82) is 0 Å². The third-order valence-corrected chi connectivity index (χ3v) is 4.39. The van der Waals surface area contributed by atoms with Crippen molar-refractivity contribution in [3.8, 4) is 0 Å². The fraction of sp³-hybridized carbons (Fsp3) is 0.143. The summed E-state index contributed by atoms with van der Waals surface area (Å²) in [6.45, 7) is 1.81. The molecule has 112 valence electrons. The summed E-state index contributed by atoms with van der Waals surface area (Å²) in [7, 11) is -3.75. The standard InChI is InChI=1S/C14H14BrFN2O2S/c1-9(18-14-6-5-11(15)8-13(14)16)10-3-2-4-12(7-10)21(17,19)20/h2-9,18H,1H3,(H2,17,19,20). The van der Waals surface area contributed by atoms with Crippen LogP contribution in [0.25, 0.3) is 0 Å². The van der Waals surface area contributed by atoms with Gasteiger partial charge in [0.25, 0.3) is 0 Å². The Bertz CT molecular complexity index is 765. The number of nitrogens with one attached hydrogen (secondary N) is 1. The molecule has 21 heavy (non-hydrogen) atoms. The fourth-order valence-electron chi connectivity index (χ4n) is 1.88. The monoisotopic (exact) mass is 372 g/mol. The lowest BCUT2D eigenvalue weighted by Crippen LogP contribution is -2.14. The molecule has 0 aromatic heterocycles. The maximum atomic E-state index is 13.8. The number of benzene rings is 2. The molecule has 0 radical (unpaired) electrons. The Morgan fingerprint density at radius 1 is 1.24 bits per heavy atom. The van der Waals surface area contributed by atoms with Crippen molar-refractivity contribution in [3.05, 3.63) is 58.3 Å². The number of sulfonamides is 1. The van der Waals surface area contributed by atoms with E-state index in [2.05, 4.69) is 21.2 Å². The van der Waals surface area contributed by atoms with Crippen molar-refractivity contribution >= 4 is 31.6 Å². The predicted octanol–water partition coefficient (Wildman–Crippen LogP) is 3.41. The van der Waals surface area contributed by atoms with Crippen LogP contribution in [0, 0.1) is 5.82 Å². The fourth-order valence-corrected chi connectivity index (χ4v) is 2.79. The van der Waals surface area contributed by atoms with E-state index >= 15 is 0 Å². The van der Waals surface area contributed by atoms with E-state index in [1.807, 2.05) is 6.92 Å². The lowest BCUT2D eigenvalue weighted by Gasteiger charge is -2.17. The van der Waals surface area contributed by atoms with Crippen molar-refractivity contribution in [2.45, 2.75) is 17.9 Å². The minimum Gasteiger partial charge on any atom is -0.376 e. The molecule has 3 N–H and O–H groups in total. The summed E-state index contributed by atoms with van der Waals surface area (Å²) < 4.78 is 37.1. The van der Waals surface area contributed by atoms with E-state index in [1.165, 1.54) is 18.2 Å². The Morgan fingerprint density at radius 3 is 2.57 bits per heavy atom. The van der Waals surface area contributed by atoms with Gasteiger partial charge < -0.3 is 5.32 Å². The Kier molecular flexibility index (Phi) is 4.65. The lowest BCUT2D eigenvalue weighted by atomic mass is 10.1. The van der Waals surface area contributed by atoms with Gasteiger partial charge in [0.05, 0.1) is 10.6 Å². The Labute approximate surface area is 131 Å². The molecule has 1 unspecified atom stereocenters. The zero-order chi connectivity index (χ0) is 15.6. The van der Waals surface area contributed by atoms with Gasteiger partial charge in [-0.1, -0.05) is 28.1 Å². The van der Waals surface area contributed by atoms with Crippen LogP contribution >= 0.6 is 15.9 Å². The second kappa shape index (κ2) is 6.13. The van der Waals surface area contributed by atoms with E-state index in [1.54, 1.807) is 24.3 Å². The molecule has 0 saturated heterocycles. The highest BCUT2D eigenvalue weighted by atomic mass is 79.9. The zero-order valence-electron chi connectivity index (χ0n) is 11.2. The molecule has 0 aliphatic heterocycles. The molecular weight excluding hydrogens is 359 g/mol. The largest absolute Gasteiger partial charge is 0.376 e. The first kappa shape index (κ1) is 15.9. The van der Waals surface area contributed by atoms with Crippen molar-refractivity contribution in [2.24, 2.45) is 5.14 Å². The summed E-state index contributed by atoms with van der Waals surface area (Å²) in [6.07, 6.45) is 0. The summed E-state index contributed by atoms with van der Waals surface area (Å²) in [5.74, 6) is -0.390. The molecular formula is C14H14BrFN2O2S. The third kappa shape index (κ3) is 4.03. The number of hydrogen-bond acceptors (Lipinski definition) is 3. The van der Waals surface area contributed by atoms with Crippen LogP contribution in [0.4, 0.5) is 10.1 Å². The molecule has 4 nitrogen and oxygen atoms in total. The van der Waals surface area contributed by atoms with Gasteiger partial charge in [0.2, 0.25) is 10.0 Å². The molecule has 1 atom stereocenters. The van der Waals surface area contributed by atoms with Gasteiger partial charge in [-0.25, -0.2) is 17.9 Å². The Balaban J connectivity index is 2.26. The molecule has 0 aliphatic rings. The first-order valence-corrected chi connectivity index (χ1v) is 8.45. The van der Waals surface area contributed by atoms with Gasteiger partial charge in [-0.2, -0.15) is 0 Å². The third-order valence-electron chi connectivity index (χ3n) is 2.99. The van der Waals surface area contributed by atoms with Crippen LogP contribution in [0.5, 0.6) is 0 Å². The van der Waals surface area contributed by atoms with Crippen LogP contribution in [-0.2, 0) is 10.0 Å². The van der Waals surface area contributed by atoms with E-state index in [4.69, 9.17) is 5.14 Å². The van der Waals surface area contributed by atoms with E-state index in [-0.39, 0.29) is 16.8 Å². The molecule has 0 fully saturated rings. The highest BCUT2D eigenvalue weighted by molar-refractivity contribution is 9.10. The Hall–Kier alpha value is -1.44.